The van der Waals surface area contributed by atoms with Crippen molar-refractivity contribution >= 4 is 23.2 Å². The number of carbonyl (C=O) groups excluding carboxylic acids is 2. The van der Waals surface area contributed by atoms with Crippen molar-refractivity contribution in [1.82, 2.24) is 10.6 Å². The van der Waals surface area contributed by atoms with E-state index in [1.54, 1.807) is 11.4 Å². The Labute approximate surface area is 110 Å². The quantitative estimate of drug-likeness (QED) is 0.746. The summed E-state index contributed by atoms with van der Waals surface area (Å²) in [5.41, 5.74) is 5.54. The molecule has 2 heterocycles. The number of amides is 2. The van der Waals surface area contributed by atoms with E-state index in [4.69, 9.17) is 5.73 Å². The Balaban J connectivity index is 1.84. The molecule has 0 spiro atoms. The van der Waals surface area contributed by atoms with Crippen LogP contribution in [0.4, 0.5) is 0 Å². The minimum absolute atomic E-state index is 0.127. The average molecular weight is 267 g/mol. The predicted octanol–water partition coefficient (Wildman–Crippen LogP) is 0.576. The Hall–Kier alpha value is -1.40. The molecule has 1 aliphatic heterocycles. The van der Waals surface area contributed by atoms with E-state index in [9.17, 15) is 9.59 Å². The molecule has 0 saturated carbocycles. The minimum Gasteiger partial charge on any atom is -0.366 e. The fourth-order valence-corrected chi connectivity index (χ4v) is 2.82. The largest absolute Gasteiger partial charge is 0.366 e. The maximum absolute atomic E-state index is 11.9. The van der Waals surface area contributed by atoms with Gasteiger partial charge in [-0.15, -0.1) is 11.3 Å². The van der Waals surface area contributed by atoms with E-state index in [0.717, 1.165) is 25.9 Å². The van der Waals surface area contributed by atoms with Crippen molar-refractivity contribution in [2.75, 3.05) is 19.6 Å². The number of nitrogens with one attached hydrogen (secondary N) is 2. The first-order chi connectivity index (χ1) is 8.66. The molecule has 0 bridgehead atoms. The molecule has 1 aromatic heterocycles. The lowest BCUT2D eigenvalue weighted by Crippen LogP contribution is -2.37. The first-order valence-corrected chi connectivity index (χ1v) is 6.92. The van der Waals surface area contributed by atoms with Crippen molar-refractivity contribution < 1.29 is 9.59 Å². The second-order valence-corrected chi connectivity index (χ2v) is 5.40. The third-order valence-corrected chi connectivity index (χ3v) is 3.99. The van der Waals surface area contributed by atoms with E-state index in [-0.39, 0.29) is 5.91 Å². The van der Waals surface area contributed by atoms with Crippen molar-refractivity contribution in [3.05, 3.63) is 21.9 Å². The van der Waals surface area contributed by atoms with Gasteiger partial charge in [-0.1, -0.05) is 0 Å². The Bertz CT molecular complexity index is 438. The predicted molar refractivity (Wildman–Crippen MR) is 70.8 cm³/mol. The normalized spacial score (nSPS) is 19.4. The van der Waals surface area contributed by atoms with Crippen LogP contribution in [0.15, 0.2) is 11.4 Å². The molecule has 4 N–H and O–H groups in total. The van der Waals surface area contributed by atoms with Crippen LogP contribution in [0, 0.1) is 5.92 Å². The monoisotopic (exact) mass is 267 g/mol. The Morgan fingerprint density at radius 1 is 1.56 bits per heavy atom. The molecule has 1 saturated heterocycles. The number of nitrogens with two attached hydrogens (primary N) is 1. The van der Waals surface area contributed by atoms with E-state index < -0.39 is 5.91 Å². The summed E-state index contributed by atoms with van der Waals surface area (Å²) in [6.45, 7) is 2.70. The van der Waals surface area contributed by atoms with E-state index in [2.05, 4.69) is 10.6 Å². The van der Waals surface area contributed by atoms with Crippen molar-refractivity contribution in [3.63, 3.8) is 0 Å². The number of primary amides is 1. The molecule has 0 radical (unpaired) electrons. The van der Waals surface area contributed by atoms with Crippen LogP contribution in [-0.2, 0) is 0 Å². The van der Waals surface area contributed by atoms with Gasteiger partial charge in [0.05, 0.1) is 10.4 Å². The zero-order chi connectivity index (χ0) is 13.0. The summed E-state index contributed by atoms with van der Waals surface area (Å²) in [6, 6.07) is 1.54. The fourth-order valence-electron chi connectivity index (χ4n) is 2.01. The number of hydrogen-bond acceptors (Lipinski definition) is 4. The topological polar surface area (TPSA) is 84.2 Å². The van der Waals surface area contributed by atoms with E-state index in [1.165, 1.54) is 11.3 Å². The molecule has 5 nitrogen and oxygen atoms in total. The van der Waals surface area contributed by atoms with Gasteiger partial charge in [-0.3, -0.25) is 9.59 Å². The maximum atomic E-state index is 11.9. The molecule has 0 aromatic carbocycles. The summed E-state index contributed by atoms with van der Waals surface area (Å²) in [4.78, 5) is 23.3. The highest BCUT2D eigenvalue weighted by atomic mass is 32.1. The first kappa shape index (κ1) is 13.0. The number of rotatable bonds is 4. The van der Waals surface area contributed by atoms with Crippen LogP contribution in [0.1, 0.15) is 32.9 Å². The smallest absolute Gasteiger partial charge is 0.261 e. The highest BCUT2D eigenvalue weighted by Crippen LogP contribution is 2.14. The van der Waals surface area contributed by atoms with Gasteiger partial charge < -0.3 is 16.4 Å². The number of hydrogen-bond donors (Lipinski definition) is 3. The molecule has 2 amide bonds. The van der Waals surface area contributed by atoms with Crippen LogP contribution >= 0.6 is 11.3 Å². The second-order valence-electron chi connectivity index (χ2n) is 4.49. The lowest BCUT2D eigenvalue weighted by atomic mass is 10.00. The van der Waals surface area contributed by atoms with Gasteiger partial charge in [-0.05, 0) is 37.9 Å². The van der Waals surface area contributed by atoms with Crippen LogP contribution in [0.25, 0.3) is 0 Å². The summed E-state index contributed by atoms with van der Waals surface area (Å²) in [7, 11) is 0. The van der Waals surface area contributed by atoms with Crippen molar-refractivity contribution in [3.8, 4) is 0 Å². The summed E-state index contributed by atoms with van der Waals surface area (Å²) in [6.07, 6.45) is 2.30. The molecular formula is C12H17N3O2S. The highest BCUT2D eigenvalue weighted by molar-refractivity contribution is 7.12. The minimum atomic E-state index is -0.498. The third kappa shape index (κ3) is 3.30. The molecule has 1 aliphatic rings. The Morgan fingerprint density at radius 2 is 2.39 bits per heavy atom. The van der Waals surface area contributed by atoms with Crippen LogP contribution in [0.2, 0.25) is 0 Å². The third-order valence-electron chi connectivity index (χ3n) is 3.06. The fraction of sp³-hybridized carbons (Fsp3) is 0.500. The van der Waals surface area contributed by atoms with Gasteiger partial charge in [0.25, 0.3) is 5.91 Å². The van der Waals surface area contributed by atoms with Gasteiger partial charge in [0.2, 0.25) is 5.91 Å². The molecule has 1 unspecified atom stereocenters. The van der Waals surface area contributed by atoms with Gasteiger partial charge in [-0.2, -0.15) is 0 Å². The van der Waals surface area contributed by atoms with Gasteiger partial charge >= 0.3 is 0 Å². The molecule has 1 fully saturated rings. The van der Waals surface area contributed by atoms with E-state index in [0.29, 0.717) is 22.9 Å². The zero-order valence-electron chi connectivity index (χ0n) is 10.1. The first-order valence-electron chi connectivity index (χ1n) is 6.04. The van der Waals surface area contributed by atoms with Crippen molar-refractivity contribution in [2.24, 2.45) is 11.7 Å². The van der Waals surface area contributed by atoms with Crippen molar-refractivity contribution in [2.45, 2.75) is 12.8 Å². The maximum Gasteiger partial charge on any atom is 0.261 e. The lowest BCUT2D eigenvalue weighted by Gasteiger charge is -2.22. The molecule has 6 heteroatoms. The van der Waals surface area contributed by atoms with E-state index >= 15 is 0 Å². The van der Waals surface area contributed by atoms with E-state index in [1.807, 2.05) is 0 Å². The van der Waals surface area contributed by atoms with Crippen LogP contribution < -0.4 is 16.4 Å². The van der Waals surface area contributed by atoms with Crippen LogP contribution in [-0.4, -0.2) is 31.4 Å². The lowest BCUT2D eigenvalue weighted by molar-refractivity contribution is 0.0949. The van der Waals surface area contributed by atoms with Crippen molar-refractivity contribution in [1.29, 1.82) is 0 Å². The summed E-state index contributed by atoms with van der Waals surface area (Å²) < 4.78 is 0. The SMILES string of the molecule is NC(=O)c1csc(C(=O)NCC2CCCNC2)c1. The standard InChI is InChI=1S/C12H17N3O2S/c13-11(16)9-4-10(18-7-9)12(17)15-6-8-2-1-3-14-5-8/h4,7-8,14H,1-3,5-6H2,(H2,13,16)(H,15,17). The second kappa shape index (κ2) is 5.97. The zero-order valence-corrected chi connectivity index (χ0v) is 10.9. The summed E-state index contributed by atoms with van der Waals surface area (Å²) in [5, 5.41) is 7.82. The van der Waals surface area contributed by atoms with Crippen LogP contribution in [0.5, 0.6) is 0 Å². The number of thiophene rings is 1. The van der Waals surface area contributed by atoms with Gasteiger partial charge in [0, 0.05) is 11.9 Å². The average Bonchev–Trinajstić information content (AvgIpc) is 2.87. The molecule has 0 aliphatic carbocycles. The number of carbonyl (C=O) groups is 2. The molecule has 1 aromatic rings. The number of piperidine rings is 1. The Kier molecular flexibility index (Phi) is 4.33. The molecule has 1 atom stereocenters. The van der Waals surface area contributed by atoms with Gasteiger partial charge in [-0.25, -0.2) is 0 Å². The van der Waals surface area contributed by atoms with Gasteiger partial charge in [0.1, 0.15) is 0 Å². The molecule has 18 heavy (non-hydrogen) atoms. The summed E-state index contributed by atoms with van der Waals surface area (Å²) >= 11 is 1.24. The van der Waals surface area contributed by atoms with Gasteiger partial charge in [0.15, 0.2) is 0 Å². The molecule has 2 rings (SSSR count). The Morgan fingerprint density at radius 3 is 3.00 bits per heavy atom. The highest BCUT2D eigenvalue weighted by Gasteiger charge is 2.16. The summed E-state index contributed by atoms with van der Waals surface area (Å²) in [5.74, 6) is -0.127. The molecular weight excluding hydrogens is 250 g/mol. The molecule has 98 valence electrons. The van der Waals surface area contributed by atoms with Crippen LogP contribution in [0.3, 0.4) is 0 Å².